The van der Waals surface area contributed by atoms with Crippen molar-refractivity contribution in [1.29, 1.82) is 0 Å². The Morgan fingerprint density at radius 2 is 2.22 bits per heavy atom. The van der Waals surface area contributed by atoms with Crippen LogP contribution in [0.1, 0.15) is 21.9 Å². The normalized spacial score (nSPS) is 10.3. The van der Waals surface area contributed by atoms with Gasteiger partial charge in [0.05, 0.1) is 7.11 Å². The highest BCUT2D eigenvalue weighted by Gasteiger charge is 2.14. The quantitative estimate of drug-likeness (QED) is 0.744. The summed E-state index contributed by atoms with van der Waals surface area (Å²) in [5.41, 5.74) is 5.89. The van der Waals surface area contributed by atoms with Crippen molar-refractivity contribution in [3.63, 3.8) is 0 Å². The van der Waals surface area contributed by atoms with E-state index >= 15 is 0 Å². The fourth-order valence-electron chi connectivity index (χ4n) is 1.70. The molecule has 1 aromatic carbocycles. The number of nitrogens with zero attached hydrogens (tertiary/aromatic N) is 1. The maximum absolute atomic E-state index is 11.0. The van der Waals surface area contributed by atoms with Crippen LogP contribution in [-0.4, -0.2) is 28.1 Å². The summed E-state index contributed by atoms with van der Waals surface area (Å²) in [4.78, 5) is 17.5. The van der Waals surface area contributed by atoms with Crippen molar-refractivity contribution in [2.24, 2.45) is 5.73 Å². The molecule has 0 spiro atoms. The van der Waals surface area contributed by atoms with Crippen molar-refractivity contribution in [3.8, 4) is 11.6 Å². The number of hydrogen-bond acceptors (Lipinski definition) is 4. The largest absolute Gasteiger partial charge is 0.496 e. The Balaban J connectivity index is 2.29. The number of H-pyrrole nitrogens is 1. The molecule has 0 radical (unpaired) electrons. The SMILES string of the molecule is COc1ccccc1Cc1nc(O)c(C(N)=O)[nH]1. The standard InChI is InChI=1S/C12H13N3O3/c1-18-8-5-3-2-4-7(8)6-9-14-10(11(13)16)12(17)15-9/h2-5,17H,6H2,1H3,(H2,13,16)(H,14,15). The summed E-state index contributed by atoms with van der Waals surface area (Å²) in [5.74, 6) is 0.0403. The highest BCUT2D eigenvalue weighted by Crippen LogP contribution is 2.21. The van der Waals surface area contributed by atoms with Crippen LogP contribution < -0.4 is 10.5 Å². The molecule has 2 aromatic rings. The van der Waals surface area contributed by atoms with Gasteiger partial charge in [-0.15, -0.1) is 0 Å². The molecule has 18 heavy (non-hydrogen) atoms. The predicted octanol–water partition coefficient (Wildman–Crippen LogP) is 0.814. The molecule has 1 heterocycles. The number of para-hydroxylation sites is 1. The van der Waals surface area contributed by atoms with Gasteiger partial charge in [-0.25, -0.2) is 0 Å². The number of aromatic amines is 1. The second-order valence-electron chi connectivity index (χ2n) is 3.73. The number of benzene rings is 1. The highest BCUT2D eigenvalue weighted by atomic mass is 16.5. The third-order valence-electron chi connectivity index (χ3n) is 2.53. The first-order valence-corrected chi connectivity index (χ1v) is 5.31. The van der Waals surface area contributed by atoms with Crippen LogP contribution in [0.15, 0.2) is 24.3 Å². The van der Waals surface area contributed by atoms with Gasteiger partial charge >= 0.3 is 0 Å². The number of hydrogen-bond donors (Lipinski definition) is 3. The molecule has 94 valence electrons. The van der Waals surface area contributed by atoms with Crippen molar-refractivity contribution in [2.45, 2.75) is 6.42 Å². The summed E-state index contributed by atoms with van der Waals surface area (Å²) in [6.07, 6.45) is 0.408. The molecule has 0 aliphatic carbocycles. The topological polar surface area (TPSA) is 101 Å². The number of carbonyl (C=O) groups excluding carboxylic acids is 1. The number of aromatic hydroxyl groups is 1. The second-order valence-corrected chi connectivity index (χ2v) is 3.73. The highest BCUT2D eigenvalue weighted by molar-refractivity contribution is 5.93. The molecule has 0 bridgehead atoms. The third kappa shape index (κ3) is 2.27. The smallest absolute Gasteiger partial charge is 0.270 e. The Hall–Kier alpha value is -2.50. The summed E-state index contributed by atoms with van der Waals surface area (Å²) in [7, 11) is 1.58. The van der Waals surface area contributed by atoms with Gasteiger partial charge in [-0.05, 0) is 6.07 Å². The van der Waals surface area contributed by atoms with E-state index in [1.165, 1.54) is 0 Å². The van der Waals surface area contributed by atoms with E-state index < -0.39 is 5.91 Å². The molecule has 6 nitrogen and oxygen atoms in total. The van der Waals surface area contributed by atoms with E-state index in [2.05, 4.69) is 9.97 Å². The number of aromatic nitrogens is 2. The van der Waals surface area contributed by atoms with E-state index in [9.17, 15) is 9.90 Å². The van der Waals surface area contributed by atoms with Crippen LogP contribution in [0.4, 0.5) is 0 Å². The number of ether oxygens (including phenoxy) is 1. The second kappa shape index (κ2) is 4.79. The summed E-state index contributed by atoms with van der Waals surface area (Å²) in [6.45, 7) is 0. The molecule has 0 fully saturated rings. The number of nitrogens with one attached hydrogen (secondary N) is 1. The Bertz CT molecular complexity index is 578. The molecule has 0 aliphatic heterocycles. The molecule has 0 saturated heterocycles. The third-order valence-corrected chi connectivity index (χ3v) is 2.53. The van der Waals surface area contributed by atoms with Crippen molar-refractivity contribution in [2.75, 3.05) is 7.11 Å². The van der Waals surface area contributed by atoms with Gasteiger partial charge in [-0.3, -0.25) is 4.79 Å². The summed E-state index contributed by atoms with van der Waals surface area (Å²) in [6, 6.07) is 7.43. The van der Waals surface area contributed by atoms with E-state index in [1.807, 2.05) is 24.3 Å². The number of methoxy groups -OCH3 is 1. The number of primary amides is 1. The Labute approximate surface area is 103 Å². The van der Waals surface area contributed by atoms with Crippen LogP contribution >= 0.6 is 0 Å². The summed E-state index contributed by atoms with van der Waals surface area (Å²) in [5, 5.41) is 9.43. The van der Waals surface area contributed by atoms with Crippen LogP contribution in [0.25, 0.3) is 0 Å². The molecule has 0 aliphatic rings. The molecule has 2 rings (SSSR count). The van der Waals surface area contributed by atoms with Crippen molar-refractivity contribution in [3.05, 3.63) is 41.3 Å². The minimum absolute atomic E-state index is 0.0834. The molecular weight excluding hydrogens is 234 g/mol. The fraction of sp³-hybridized carbons (Fsp3) is 0.167. The first-order valence-electron chi connectivity index (χ1n) is 5.31. The van der Waals surface area contributed by atoms with Gasteiger partial charge in [0.25, 0.3) is 5.91 Å². The number of carbonyl (C=O) groups is 1. The maximum Gasteiger partial charge on any atom is 0.270 e. The van der Waals surface area contributed by atoms with Gasteiger partial charge in [0.1, 0.15) is 11.6 Å². The zero-order valence-electron chi connectivity index (χ0n) is 9.80. The summed E-state index contributed by atoms with van der Waals surface area (Å²) >= 11 is 0. The van der Waals surface area contributed by atoms with Gasteiger partial charge in [0, 0.05) is 12.0 Å². The number of rotatable bonds is 4. The minimum atomic E-state index is -0.744. The average Bonchev–Trinajstić information content (AvgIpc) is 2.71. The van der Waals surface area contributed by atoms with Gasteiger partial charge in [-0.1, -0.05) is 18.2 Å². The van der Waals surface area contributed by atoms with Crippen LogP contribution in [-0.2, 0) is 6.42 Å². The lowest BCUT2D eigenvalue weighted by Crippen LogP contribution is -2.11. The average molecular weight is 247 g/mol. The van der Waals surface area contributed by atoms with Crippen LogP contribution in [0.3, 0.4) is 0 Å². The van der Waals surface area contributed by atoms with Gasteiger partial charge < -0.3 is 20.6 Å². The van der Waals surface area contributed by atoms with Crippen LogP contribution in [0, 0.1) is 0 Å². The van der Waals surface area contributed by atoms with Crippen molar-refractivity contribution >= 4 is 5.91 Å². The first kappa shape index (κ1) is 12.0. The Morgan fingerprint density at radius 3 is 2.83 bits per heavy atom. The Morgan fingerprint density at radius 1 is 1.50 bits per heavy atom. The molecular formula is C12H13N3O3. The van der Waals surface area contributed by atoms with Gasteiger partial charge in [-0.2, -0.15) is 4.98 Å². The zero-order chi connectivity index (χ0) is 13.1. The van der Waals surface area contributed by atoms with Crippen LogP contribution in [0.5, 0.6) is 11.6 Å². The van der Waals surface area contributed by atoms with E-state index in [0.717, 1.165) is 5.56 Å². The lowest BCUT2D eigenvalue weighted by molar-refractivity contribution is 0.0993. The lowest BCUT2D eigenvalue weighted by Gasteiger charge is -2.05. The number of nitrogens with two attached hydrogens (primary N) is 1. The van der Waals surface area contributed by atoms with Gasteiger partial charge in [0.15, 0.2) is 5.69 Å². The molecule has 0 saturated carbocycles. The zero-order valence-corrected chi connectivity index (χ0v) is 9.80. The van der Waals surface area contributed by atoms with Crippen molar-refractivity contribution in [1.82, 2.24) is 9.97 Å². The lowest BCUT2D eigenvalue weighted by atomic mass is 10.1. The van der Waals surface area contributed by atoms with E-state index in [4.69, 9.17) is 10.5 Å². The molecule has 4 N–H and O–H groups in total. The fourth-order valence-corrected chi connectivity index (χ4v) is 1.70. The summed E-state index contributed by atoms with van der Waals surface area (Å²) < 4.78 is 5.21. The maximum atomic E-state index is 11.0. The molecule has 1 aromatic heterocycles. The van der Waals surface area contributed by atoms with E-state index in [1.54, 1.807) is 7.11 Å². The minimum Gasteiger partial charge on any atom is -0.496 e. The Kier molecular flexibility index (Phi) is 3.18. The molecule has 6 heteroatoms. The molecule has 1 amide bonds. The predicted molar refractivity (Wildman–Crippen MR) is 64.6 cm³/mol. The monoisotopic (exact) mass is 247 g/mol. The van der Waals surface area contributed by atoms with E-state index in [0.29, 0.717) is 18.0 Å². The number of amides is 1. The number of imidazole rings is 1. The molecule has 0 unspecified atom stereocenters. The van der Waals surface area contributed by atoms with Crippen LogP contribution in [0.2, 0.25) is 0 Å². The van der Waals surface area contributed by atoms with E-state index in [-0.39, 0.29) is 11.6 Å². The first-order chi connectivity index (χ1) is 8.61. The molecule has 0 atom stereocenters. The van der Waals surface area contributed by atoms with Crippen molar-refractivity contribution < 1.29 is 14.6 Å². The van der Waals surface area contributed by atoms with Gasteiger partial charge in [0.2, 0.25) is 5.88 Å².